The number of carboxylic acids is 1. The molecule has 1 fully saturated rings. The minimum absolute atomic E-state index is 0.0759. The summed E-state index contributed by atoms with van der Waals surface area (Å²) in [6, 6.07) is -2.55. The van der Waals surface area contributed by atoms with Crippen molar-refractivity contribution in [2.75, 3.05) is 0 Å². The molecule has 1 aliphatic carbocycles. The van der Waals surface area contributed by atoms with Gasteiger partial charge in [0.1, 0.15) is 17.7 Å². The Hall–Kier alpha value is -2.36. The second-order valence-electron chi connectivity index (χ2n) is 11.8. The Morgan fingerprint density at radius 1 is 0.946 bits per heavy atom. The molecule has 10 heteroatoms. The lowest BCUT2D eigenvalue weighted by Crippen LogP contribution is -2.59. The number of aliphatic hydroxyl groups is 1. The average molecular weight is 528 g/mol. The van der Waals surface area contributed by atoms with E-state index in [1.165, 1.54) is 0 Å². The molecule has 3 amide bonds. The number of alkyl carbamates (subject to hydrolysis) is 1. The molecule has 1 aliphatic rings. The van der Waals surface area contributed by atoms with Crippen LogP contribution in [-0.2, 0) is 19.1 Å². The lowest BCUT2D eigenvalue weighted by molar-refractivity contribution is -0.140. The van der Waals surface area contributed by atoms with Gasteiger partial charge in [-0.1, -0.05) is 53.4 Å². The third-order valence-corrected chi connectivity index (χ3v) is 6.77. The van der Waals surface area contributed by atoms with Crippen LogP contribution >= 0.6 is 0 Å². The van der Waals surface area contributed by atoms with Crippen molar-refractivity contribution < 1.29 is 34.1 Å². The summed E-state index contributed by atoms with van der Waals surface area (Å²) in [5.41, 5.74) is -0.723. The molecule has 0 heterocycles. The number of rotatable bonds is 13. The average Bonchev–Trinajstić information content (AvgIpc) is 2.78. The largest absolute Gasteiger partial charge is 0.481 e. The van der Waals surface area contributed by atoms with Crippen LogP contribution in [0.4, 0.5) is 4.79 Å². The van der Waals surface area contributed by atoms with Crippen LogP contribution in [0.3, 0.4) is 0 Å². The number of aliphatic carboxylic acids is 1. The number of nitrogens with one attached hydrogen (secondary N) is 3. The Morgan fingerprint density at radius 2 is 1.54 bits per heavy atom. The smallest absolute Gasteiger partial charge is 0.408 e. The summed E-state index contributed by atoms with van der Waals surface area (Å²) in [5, 5.41) is 27.9. The molecule has 0 aromatic rings. The lowest BCUT2D eigenvalue weighted by atomic mass is 9.83. The summed E-state index contributed by atoms with van der Waals surface area (Å²) in [4.78, 5) is 50.6. The molecule has 10 nitrogen and oxygen atoms in total. The molecule has 5 atom stereocenters. The molecule has 37 heavy (non-hydrogen) atoms. The molecule has 0 bridgehead atoms. The van der Waals surface area contributed by atoms with Gasteiger partial charge >= 0.3 is 12.1 Å². The second kappa shape index (κ2) is 15.1. The monoisotopic (exact) mass is 527 g/mol. The molecular weight excluding hydrogens is 478 g/mol. The van der Waals surface area contributed by atoms with E-state index < -0.39 is 60.1 Å². The van der Waals surface area contributed by atoms with Crippen LogP contribution in [0.25, 0.3) is 0 Å². The number of carbonyl (C=O) groups excluding carboxylic acids is 3. The van der Waals surface area contributed by atoms with Crippen LogP contribution < -0.4 is 16.0 Å². The van der Waals surface area contributed by atoms with E-state index in [1.807, 2.05) is 27.7 Å². The van der Waals surface area contributed by atoms with E-state index in [-0.39, 0.29) is 17.8 Å². The maximum atomic E-state index is 13.5. The fourth-order valence-corrected chi connectivity index (χ4v) is 4.66. The van der Waals surface area contributed by atoms with Gasteiger partial charge in [0.25, 0.3) is 0 Å². The molecule has 0 aliphatic heterocycles. The van der Waals surface area contributed by atoms with Gasteiger partial charge in [-0.25, -0.2) is 4.79 Å². The van der Waals surface area contributed by atoms with Crippen molar-refractivity contribution in [2.45, 2.75) is 130 Å². The fraction of sp³-hybridized carbons (Fsp3) is 0.852. The summed E-state index contributed by atoms with van der Waals surface area (Å²) in [7, 11) is 0. The molecule has 1 saturated carbocycles. The van der Waals surface area contributed by atoms with Gasteiger partial charge in [0.15, 0.2) is 0 Å². The van der Waals surface area contributed by atoms with Gasteiger partial charge in [-0.2, -0.15) is 0 Å². The van der Waals surface area contributed by atoms with Gasteiger partial charge < -0.3 is 30.9 Å². The molecule has 5 N–H and O–H groups in total. The number of hydrogen-bond acceptors (Lipinski definition) is 6. The first kappa shape index (κ1) is 32.7. The van der Waals surface area contributed by atoms with Crippen LogP contribution in [-0.4, -0.2) is 63.9 Å². The molecule has 0 aromatic carbocycles. The SMILES string of the molecule is CC[C@H](C)[C@H](NC(=O)[C@@H](NC(=O)OC(C)(C)C)C1CCCCC1)C(=O)N[C@@H](CC(C)C)[C@@H](O)CC(=O)O. The number of carboxylic acid groups (broad SMARTS) is 1. The Morgan fingerprint density at radius 3 is 2.03 bits per heavy atom. The Balaban J connectivity index is 3.11. The maximum Gasteiger partial charge on any atom is 0.408 e. The minimum atomic E-state index is -1.26. The van der Waals surface area contributed by atoms with Gasteiger partial charge in [-0.15, -0.1) is 0 Å². The summed E-state index contributed by atoms with van der Waals surface area (Å²) >= 11 is 0. The number of ether oxygens (including phenoxy) is 1. The standard InChI is InChI=1S/C27H49N3O7/c1-8-17(4)22(24(34)28-19(14-16(2)3)20(31)15-21(32)33)29-25(35)23(18-12-10-9-11-13-18)30-26(36)37-27(5,6)7/h16-20,22-23,31H,8-15H2,1-7H3,(H,28,34)(H,29,35)(H,30,36)(H,32,33)/t17-,19-,20-,22-,23-/m0/s1. The van der Waals surface area contributed by atoms with Gasteiger partial charge in [0.05, 0.1) is 18.6 Å². The van der Waals surface area contributed by atoms with E-state index in [1.54, 1.807) is 20.8 Å². The highest BCUT2D eigenvalue weighted by molar-refractivity contribution is 5.91. The number of amides is 3. The normalized spacial score (nSPS) is 18.7. The lowest BCUT2D eigenvalue weighted by Gasteiger charge is -2.33. The van der Waals surface area contributed by atoms with Gasteiger partial charge in [0.2, 0.25) is 11.8 Å². The van der Waals surface area contributed by atoms with Crippen LogP contribution in [0.1, 0.15) is 99.8 Å². The van der Waals surface area contributed by atoms with E-state index in [0.717, 1.165) is 32.1 Å². The second-order valence-corrected chi connectivity index (χ2v) is 11.8. The van der Waals surface area contributed by atoms with Crippen LogP contribution in [0, 0.1) is 17.8 Å². The van der Waals surface area contributed by atoms with Crippen LogP contribution in [0.2, 0.25) is 0 Å². The van der Waals surface area contributed by atoms with Crippen LogP contribution in [0.15, 0.2) is 0 Å². The highest BCUT2D eigenvalue weighted by Crippen LogP contribution is 2.27. The van der Waals surface area contributed by atoms with Crippen molar-refractivity contribution in [1.29, 1.82) is 0 Å². The van der Waals surface area contributed by atoms with Crippen LogP contribution in [0.5, 0.6) is 0 Å². The summed E-state index contributed by atoms with van der Waals surface area (Å²) < 4.78 is 5.39. The Bertz CT molecular complexity index is 760. The van der Waals surface area contributed by atoms with E-state index in [2.05, 4.69) is 16.0 Å². The van der Waals surface area contributed by atoms with Crippen molar-refractivity contribution in [1.82, 2.24) is 16.0 Å². The molecule has 0 spiro atoms. The first-order chi connectivity index (χ1) is 17.1. The van der Waals surface area contributed by atoms with Crippen molar-refractivity contribution >= 4 is 23.9 Å². The van der Waals surface area contributed by atoms with Gasteiger partial charge in [-0.3, -0.25) is 14.4 Å². The topological polar surface area (TPSA) is 154 Å². The Kier molecular flexibility index (Phi) is 13.4. The zero-order valence-corrected chi connectivity index (χ0v) is 23.6. The highest BCUT2D eigenvalue weighted by Gasteiger charge is 2.36. The molecule has 0 radical (unpaired) electrons. The molecule has 1 rings (SSSR count). The summed E-state index contributed by atoms with van der Waals surface area (Å²) in [6.07, 6.45) is 3.09. The van der Waals surface area contributed by atoms with E-state index in [9.17, 15) is 24.3 Å². The minimum Gasteiger partial charge on any atom is -0.481 e. The molecule has 214 valence electrons. The fourth-order valence-electron chi connectivity index (χ4n) is 4.66. The number of carbonyl (C=O) groups is 4. The predicted octanol–water partition coefficient (Wildman–Crippen LogP) is 3.36. The number of hydrogen-bond donors (Lipinski definition) is 5. The van der Waals surface area contributed by atoms with Gasteiger partial charge in [0, 0.05) is 0 Å². The Labute approximate surface area is 221 Å². The molecule has 0 saturated heterocycles. The van der Waals surface area contributed by atoms with Crippen molar-refractivity contribution in [2.24, 2.45) is 17.8 Å². The molecule has 0 aromatic heterocycles. The highest BCUT2D eigenvalue weighted by atomic mass is 16.6. The van der Waals surface area contributed by atoms with E-state index in [0.29, 0.717) is 12.8 Å². The third-order valence-electron chi connectivity index (χ3n) is 6.77. The van der Waals surface area contributed by atoms with E-state index >= 15 is 0 Å². The van der Waals surface area contributed by atoms with E-state index in [4.69, 9.17) is 9.84 Å². The van der Waals surface area contributed by atoms with Crippen molar-refractivity contribution in [3.05, 3.63) is 0 Å². The summed E-state index contributed by atoms with van der Waals surface area (Å²) in [5.74, 6) is -2.33. The first-order valence-electron chi connectivity index (χ1n) is 13.6. The molecule has 0 unspecified atom stereocenters. The van der Waals surface area contributed by atoms with Gasteiger partial charge in [-0.05, 0) is 57.8 Å². The van der Waals surface area contributed by atoms with Crippen molar-refractivity contribution in [3.8, 4) is 0 Å². The maximum absolute atomic E-state index is 13.5. The zero-order chi connectivity index (χ0) is 28.3. The third kappa shape index (κ3) is 12.2. The summed E-state index contributed by atoms with van der Waals surface area (Å²) in [6.45, 7) is 12.8. The number of aliphatic hydroxyl groups excluding tert-OH is 1. The first-order valence-corrected chi connectivity index (χ1v) is 13.6. The van der Waals surface area contributed by atoms with Crippen molar-refractivity contribution in [3.63, 3.8) is 0 Å². The molecular formula is C27H49N3O7. The predicted molar refractivity (Wildman–Crippen MR) is 141 cm³/mol. The quantitative estimate of drug-likeness (QED) is 0.246. The zero-order valence-electron chi connectivity index (χ0n) is 23.6.